The Bertz CT molecular complexity index is 523. The molecule has 0 fully saturated rings. The van der Waals surface area contributed by atoms with Crippen LogP contribution in [0.3, 0.4) is 0 Å². The van der Waals surface area contributed by atoms with E-state index in [2.05, 4.69) is 22.0 Å². The number of halogens is 1. The first-order chi connectivity index (χ1) is 8.09. The molecule has 2 atom stereocenters. The Morgan fingerprint density at radius 2 is 1.82 bits per heavy atom. The SMILES string of the molecule is CC(O)C(C)Oc1ccc2ccccc2c1Br. The van der Waals surface area contributed by atoms with Crippen molar-refractivity contribution in [2.75, 3.05) is 0 Å². The fourth-order valence-electron chi connectivity index (χ4n) is 1.60. The van der Waals surface area contributed by atoms with Crippen molar-refractivity contribution in [3.8, 4) is 5.75 Å². The lowest BCUT2D eigenvalue weighted by molar-refractivity contribution is 0.0601. The molecule has 2 unspecified atom stereocenters. The van der Waals surface area contributed by atoms with Crippen molar-refractivity contribution in [3.63, 3.8) is 0 Å². The van der Waals surface area contributed by atoms with Crippen molar-refractivity contribution in [1.82, 2.24) is 0 Å². The fourth-order valence-corrected chi connectivity index (χ4v) is 2.19. The minimum atomic E-state index is -0.492. The third-order valence-corrected chi connectivity index (χ3v) is 3.64. The molecule has 0 aliphatic rings. The van der Waals surface area contributed by atoms with Crippen molar-refractivity contribution >= 4 is 26.7 Å². The monoisotopic (exact) mass is 294 g/mol. The van der Waals surface area contributed by atoms with E-state index in [1.807, 2.05) is 37.3 Å². The van der Waals surface area contributed by atoms with Crippen LogP contribution in [0.4, 0.5) is 0 Å². The van der Waals surface area contributed by atoms with Crippen LogP contribution in [0.25, 0.3) is 10.8 Å². The van der Waals surface area contributed by atoms with Gasteiger partial charge in [-0.3, -0.25) is 0 Å². The summed E-state index contributed by atoms with van der Waals surface area (Å²) in [5, 5.41) is 11.7. The van der Waals surface area contributed by atoms with Crippen LogP contribution in [0.2, 0.25) is 0 Å². The molecule has 0 spiro atoms. The van der Waals surface area contributed by atoms with E-state index in [0.717, 1.165) is 21.0 Å². The molecule has 0 heterocycles. The molecule has 0 aliphatic carbocycles. The highest BCUT2D eigenvalue weighted by molar-refractivity contribution is 9.10. The lowest BCUT2D eigenvalue weighted by Crippen LogP contribution is -2.25. The number of aliphatic hydroxyl groups excluding tert-OH is 1. The third-order valence-electron chi connectivity index (χ3n) is 2.82. The van der Waals surface area contributed by atoms with Gasteiger partial charge in [0.05, 0.1) is 10.6 Å². The number of hydrogen-bond donors (Lipinski definition) is 1. The summed E-state index contributed by atoms with van der Waals surface area (Å²) in [6.07, 6.45) is -0.721. The van der Waals surface area contributed by atoms with Crippen LogP contribution >= 0.6 is 15.9 Å². The zero-order valence-electron chi connectivity index (χ0n) is 9.85. The number of benzene rings is 2. The van der Waals surface area contributed by atoms with Crippen LogP contribution in [0.15, 0.2) is 40.9 Å². The molecule has 0 aromatic heterocycles. The van der Waals surface area contributed by atoms with Gasteiger partial charge in [-0.05, 0) is 46.6 Å². The van der Waals surface area contributed by atoms with E-state index in [0.29, 0.717) is 0 Å². The van der Waals surface area contributed by atoms with Gasteiger partial charge in [-0.1, -0.05) is 30.3 Å². The summed E-state index contributed by atoms with van der Waals surface area (Å²) in [7, 11) is 0. The highest BCUT2D eigenvalue weighted by atomic mass is 79.9. The molecule has 0 radical (unpaired) electrons. The molecule has 2 aromatic rings. The van der Waals surface area contributed by atoms with Gasteiger partial charge in [0.1, 0.15) is 11.9 Å². The largest absolute Gasteiger partial charge is 0.487 e. The zero-order chi connectivity index (χ0) is 12.4. The van der Waals surface area contributed by atoms with E-state index in [1.165, 1.54) is 0 Å². The second kappa shape index (κ2) is 5.07. The summed E-state index contributed by atoms with van der Waals surface area (Å²) in [5.41, 5.74) is 0. The molecule has 0 saturated heterocycles. The molecule has 3 heteroatoms. The summed E-state index contributed by atoms with van der Waals surface area (Å²) in [6.45, 7) is 3.58. The average molecular weight is 295 g/mol. The maximum atomic E-state index is 9.45. The number of aliphatic hydroxyl groups is 1. The number of fused-ring (bicyclic) bond motifs is 1. The molecule has 0 bridgehead atoms. The molecule has 0 saturated carbocycles. The van der Waals surface area contributed by atoms with Gasteiger partial charge in [0.2, 0.25) is 0 Å². The Morgan fingerprint density at radius 3 is 2.53 bits per heavy atom. The minimum absolute atomic E-state index is 0.229. The highest BCUT2D eigenvalue weighted by Crippen LogP contribution is 2.33. The van der Waals surface area contributed by atoms with E-state index in [1.54, 1.807) is 6.92 Å². The van der Waals surface area contributed by atoms with Crippen molar-refractivity contribution in [1.29, 1.82) is 0 Å². The standard InChI is InChI=1S/C14H15BrO2/c1-9(16)10(2)17-13-8-7-11-5-3-4-6-12(11)14(13)15/h3-10,16H,1-2H3. The van der Waals surface area contributed by atoms with Crippen LogP contribution in [0.5, 0.6) is 5.75 Å². The van der Waals surface area contributed by atoms with Gasteiger partial charge in [0, 0.05) is 0 Å². The Labute approximate surface area is 109 Å². The molecular formula is C14H15BrO2. The molecule has 0 amide bonds. The Morgan fingerprint density at radius 1 is 1.12 bits per heavy atom. The van der Waals surface area contributed by atoms with Gasteiger partial charge in [-0.25, -0.2) is 0 Å². The second-order valence-corrected chi connectivity index (χ2v) is 4.96. The average Bonchev–Trinajstić information content (AvgIpc) is 2.33. The van der Waals surface area contributed by atoms with E-state index in [9.17, 15) is 5.11 Å². The van der Waals surface area contributed by atoms with Gasteiger partial charge in [-0.2, -0.15) is 0 Å². The molecular weight excluding hydrogens is 280 g/mol. The highest BCUT2D eigenvalue weighted by Gasteiger charge is 2.13. The van der Waals surface area contributed by atoms with Gasteiger partial charge >= 0.3 is 0 Å². The minimum Gasteiger partial charge on any atom is -0.487 e. The van der Waals surface area contributed by atoms with E-state index < -0.39 is 6.10 Å². The molecule has 2 aromatic carbocycles. The van der Waals surface area contributed by atoms with Crippen LogP contribution in [-0.4, -0.2) is 17.3 Å². The normalized spacial score (nSPS) is 14.6. The molecule has 0 aliphatic heterocycles. The van der Waals surface area contributed by atoms with E-state index >= 15 is 0 Å². The Balaban J connectivity index is 2.39. The quantitative estimate of drug-likeness (QED) is 0.934. The zero-order valence-corrected chi connectivity index (χ0v) is 11.4. The van der Waals surface area contributed by atoms with Gasteiger partial charge in [-0.15, -0.1) is 0 Å². The first-order valence-electron chi connectivity index (χ1n) is 5.61. The van der Waals surface area contributed by atoms with E-state index in [4.69, 9.17) is 4.74 Å². The van der Waals surface area contributed by atoms with Crippen LogP contribution in [-0.2, 0) is 0 Å². The van der Waals surface area contributed by atoms with Gasteiger partial charge in [0.15, 0.2) is 0 Å². The molecule has 1 N–H and O–H groups in total. The summed E-state index contributed by atoms with van der Waals surface area (Å²) >= 11 is 3.55. The lowest BCUT2D eigenvalue weighted by atomic mass is 10.1. The van der Waals surface area contributed by atoms with Crippen LogP contribution in [0, 0.1) is 0 Å². The van der Waals surface area contributed by atoms with Crippen molar-refractivity contribution in [2.45, 2.75) is 26.1 Å². The van der Waals surface area contributed by atoms with Crippen molar-refractivity contribution < 1.29 is 9.84 Å². The number of rotatable bonds is 3. The van der Waals surface area contributed by atoms with Gasteiger partial charge in [0.25, 0.3) is 0 Å². The maximum Gasteiger partial charge on any atom is 0.134 e. The Kier molecular flexibility index (Phi) is 3.69. The van der Waals surface area contributed by atoms with Crippen molar-refractivity contribution in [2.24, 2.45) is 0 Å². The maximum absolute atomic E-state index is 9.45. The predicted molar refractivity (Wildman–Crippen MR) is 73.4 cm³/mol. The van der Waals surface area contributed by atoms with Crippen LogP contribution < -0.4 is 4.74 Å². The number of ether oxygens (including phenoxy) is 1. The summed E-state index contributed by atoms with van der Waals surface area (Å²) in [6, 6.07) is 12.0. The smallest absolute Gasteiger partial charge is 0.134 e. The summed E-state index contributed by atoms with van der Waals surface area (Å²) in [5.74, 6) is 0.761. The third kappa shape index (κ3) is 2.61. The first-order valence-corrected chi connectivity index (χ1v) is 6.41. The fraction of sp³-hybridized carbons (Fsp3) is 0.286. The van der Waals surface area contributed by atoms with E-state index in [-0.39, 0.29) is 6.10 Å². The Hall–Kier alpha value is -1.06. The topological polar surface area (TPSA) is 29.5 Å². The summed E-state index contributed by atoms with van der Waals surface area (Å²) in [4.78, 5) is 0. The molecule has 17 heavy (non-hydrogen) atoms. The predicted octanol–water partition coefficient (Wildman–Crippen LogP) is 3.75. The first kappa shape index (κ1) is 12.4. The van der Waals surface area contributed by atoms with Gasteiger partial charge < -0.3 is 9.84 Å². The lowest BCUT2D eigenvalue weighted by Gasteiger charge is -2.18. The number of hydrogen-bond acceptors (Lipinski definition) is 2. The molecule has 90 valence electrons. The van der Waals surface area contributed by atoms with Crippen molar-refractivity contribution in [3.05, 3.63) is 40.9 Å². The molecule has 2 nitrogen and oxygen atoms in total. The summed E-state index contributed by atoms with van der Waals surface area (Å²) < 4.78 is 6.65. The molecule has 2 rings (SSSR count). The second-order valence-electron chi connectivity index (χ2n) is 4.16. The van der Waals surface area contributed by atoms with Crippen LogP contribution in [0.1, 0.15) is 13.8 Å².